The normalized spacial score (nSPS) is 14.6. The van der Waals surface area contributed by atoms with Crippen LogP contribution in [0.1, 0.15) is 33.6 Å². The minimum absolute atomic E-state index is 0.262. The van der Waals surface area contributed by atoms with Crippen LogP contribution < -0.4 is 14.8 Å². The highest BCUT2D eigenvalue weighted by Gasteiger charge is 2.27. The van der Waals surface area contributed by atoms with Crippen LogP contribution in [0.5, 0.6) is 11.5 Å². The van der Waals surface area contributed by atoms with Gasteiger partial charge in [-0.15, -0.1) is 0 Å². The number of benzene rings is 2. The molecule has 0 unspecified atom stereocenters. The van der Waals surface area contributed by atoms with Gasteiger partial charge in [-0.25, -0.2) is 14.8 Å². The summed E-state index contributed by atoms with van der Waals surface area (Å²) in [5.74, 6) is 2.06. The second kappa shape index (κ2) is 10.6. The number of piperidine rings is 1. The van der Waals surface area contributed by atoms with Crippen LogP contribution in [0.3, 0.4) is 0 Å². The maximum atomic E-state index is 12.3. The van der Waals surface area contributed by atoms with E-state index in [1.165, 1.54) is 6.33 Å². The quantitative estimate of drug-likeness (QED) is 0.286. The maximum Gasteiger partial charge on any atom is 0.410 e. The molecular formula is C28H31ClN4O5. The summed E-state index contributed by atoms with van der Waals surface area (Å²) in [4.78, 5) is 23.0. The van der Waals surface area contributed by atoms with Crippen LogP contribution in [-0.2, 0) is 4.74 Å². The molecule has 2 aromatic heterocycles. The maximum absolute atomic E-state index is 12.3. The Morgan fingerprint density at radius 2 is 1.95 bits per heavy atom. The summed E-state index contributed by atoms with van der Waals surface area (Å²) in [6.07, 6.45) is 4.53. The molecule has 0 radical (unpaired) electrons. The second-order valence-electron chi connectivity index (χ2n) is 10.4. The van der Waals surface area contributed by atoms with Crippen LogP contribution >= 0.6 is 11.6 Å². The number of carbonyl (C=O) groups is 1. The summed E-state index contributed by atoms with van der Waals surface area (Å²) in [7, 11) is 1.60. The number of ether oxygens (including phenoxy) is 3. The molecule has 1 aliphatic rings. The van der Waals surface area contributed by atoms with E-state index in [-0.39, 0.29) is 6.09 Å². The van der Waals surface area contributed by atoms with E-state index in [1.54, 1.807) is 18.3 Å². The van der Waals surface area contributed by atoms with E-state index < -0.39 is 5.60 Å². The fourth-order valence-electron chi connectivity index (χ4n) is 4.50. The van der Waals surface area contributed by atoms with Crippen LogP contribution in [0.4, 0.5) is 16.3 Å². The molecule has 9 nitrogen and oxygen atoms in total. The zero-order valence-corrected chi connectivity index (χ0v) is 22.7. The van der Waals surface area contributed by atoms with Gasteiger partial charge in [0.1, 0.15) is 23.4 Å². The fraction of sp³-hybridized carbons (Fsp3) is 0.393. The van der Waals surface area contributed by atoms with Crippen LogP contribution in [0.2, 0.25) is 5.02 Å². The highest BCUT2D eigenvalue weighted by Crippen LogP contribution is 2.38. The Labute approximate surface area is 226 Å². The van der Waals surface area contributed by atoms with Gasteiger partial charge < -0.3 is 28.8 Å². The van der Waals surface area contributed by atoms with Gasteiger partial charge in [-0.3, -0.25) is 0 Å². The van der Waals surface area contributed by atoms with Crippen molar-refractivity contribution in [2.75, 3.05) is 32.1 Å². The van der Waals surface area contributed by atoms with Gasteiger partial charge in [-0.2, -0.15) is 0 Å². The van der Waals surface area contributed by atoms with Crippen LogP contribution in [0.15, 0.2) is 47.3 Å². The molecule has 0 aliphatic carbocycles. The smallest absolute Gasteiger partial charge is 0.410 e. The number of anilines is 2. The summed E-state index contributed by atoms with van der Waals surface area (Å²) in [6.45, 7) is 7.43. The third-order valence-corrected chi connectivity index (χ3v) is 6.79. The Morgan fingerprint density at radius 3 is 2.68 bits per heavy atom. The number of hydrogen-bond donors (Lipinski definition) is 1. The number of halogens is 1. The average Bonchev–Trinajstić information content (AvgIpc) is 3.37. The summed E-state index contributed by atoms with van der Waals surface area (Å²) >= 11 is 6.48. The molecule has 5 rings (SSSR count). The first-order valence-corrected chi connectivity index (χ1v) is 13.0. The molecule has 38 heavy (non-hydrogen) atoms. The lowest BCUT2D eigenvalue weighted by molar-refractivity contribution is 0.0164. The molecule has 0 spiro atoms. The van der Waals surface area contributed by atoms with Gasteiger partial charge in [0.15, 0.2) is 17.1 Å². The Balaban J connectivity index is 1.30. The third kappa shape index (κ3) is 5.57. The SMILES string of the molecule is COc1cc2c(Nc3c(Cl)ccc4ccoc34)ncnc2cc1OCC1CCN(C(=O)OC(C)(C)C)CC1. The molecule has 0 saturated carbocycles. The lowest BCUT2D eigenvalue weighted by Gasteiger charge is -2.33. The van der Waals surface area contributed by atoms with Gasteiger partial charge in [0.25, 0.3) is 0 Å². The van der Waals surface area contributed by atoms with Crippen molar-refractivity contribution >= 4 is 51.1 Å². The number of carbonyl (C=O) groups excluding carboxylic acids is 1. The molecule has 2 aromatic carbocycles. The van der Waals surface area contributed by atoms with Crippen molar-refractivity contribution in [3.8, 4) is 11.5 Å². The van der Waals surface area contributed by atoms with Gasteiger partial charge in [0.2, 0.25) is 0 Å². The lowest BCUT2D eigenvalue weighted by atomic mass is 9.98. The topological polar surface area (TPSA) is 99.0 Å². The van der Waals surface area contributed by atoms with E-state index in [0.717, 1.165) is 23.6 Å². The predicted octanol–water partition coefficient (Wildman–Crippen LogP) is 6.81. The average molecular weight is 539 g/mol. The summed E-state index contributed by atoms with van der Waals surface area (Å²) < 4.78 is 23.0. The van der Waals surface area contributed by atoms with Gasteiger partial charge in [0, 0.05) is 29.9 Å². The number of methoxy groups -OCH3 is 1. The third-order valence-electron chi connectivity index (χ3n) is 6.48. The zero-order chi connectivity index (χ0) is 26.9. The fourth-order valence-corrected chi connectivity index (χ4v) is 4.69. The van der Waals surface area contributed by atoms with E-state index >= 15 is 0 Å². The molecule has 0 bridgehead atoms. The Hall–Kier alpha value is -3.72. The number of aromatic nitrogens is 2. The molecule has 10 heteroatoms. The highest BCUT2D eigenvalue weighted by molar-refractivity contribution is 6.35. The standard InChI is InChI=1S/C28H31ClN4O5/c1-28(2,3)38-27(34)33-10-7-17(8-11-33)15-37-23-14-21-19(13-22(23)35-4)26(31-16-30-21)32-24-20(29)6-5-18-9-12-36-25(18)24/h5-6,9,12-14,16-17H,7-8,10-11,15H2,1-4H3,(H,30,31,32). The summed E-state index contributed by atoms with van der Waals surface area (Å²) in [6, 6.07) is 9.30. The van der Waals surface area contributed by atoms with Crippen molar-refractivity contribution in [2.24, 2.45) is 5.92 Å². The van der Waals surface area contributed by atoms with Crippen molar-refractivity contribution in [3.63, 3.8) is 0 Å². The highest BCUT2D eigenvalue weighted by atomic mass is 35.5. The number of nitrogens with one attached hydrogen (secondary N) is 1. The molecule has 1 N–H and O–H groups in total. The number of fused-ring (bicyclic) bond motifs is 2. The first-order valence-electron chi connectivity index (χ1n) is 12.6. The number of amides is 1. The van der Waals surface area contributed by atoms with E-state index in [9.17, 15) is 4.79 Å². The summed E-state index contributed by atoms with van der Waals surface area (Å²) in [5.41, 5.74) is 1.47. The minimum Gasteiger partial charge on any atom is -0.493 e. The van der Waals surface area contributed by atoms with Gasteiger partial charge in [0.05, 0.1) is 30.5 Å². The molecule has 0 atom stereocenters. The molecule has 1 fully saturated rings. The molecule has 3 heterocycles. The molecule has 200 valence electrons. The Morgan fingerprint density at radius 1 is 1.16 bits per heavy atom. The molecular weight excluding hydrogens is 508 g/mol. The largest absolute Gasteiger partial charge is 0.493 e. The zero-order valence-electron chi connectivity index (χ0n) is 21.9. The number of furan rings is 1. The van der Waals surface area contributed by atoms with Crippen molar-refractivity contribution in [3.05, 3.63) is 47.9 Å². The Kier molecular flexibility index (Phi) is 7.21. The number of hydrogen-bond acceptors (Lipinski definition) is 8. The molecule has 1 saturated heterocycles. The van der Waals surface area contributed by atoms with Crippen LogP contribution in [0.25, 0.3) is 21.9 Å². The van der Waals surface area contributed by atoms with Crippen molar-refractivity contribution < 1.29 is 23.4 Å². The second-order valence-corrected chi connectivity index (χ2v) is 10.8. The first-order chi connectivity index (χ1) is 18.2. The number of likely N-dealkylation sites (tertiary alicyclic amines) is 1. The number of rotatable bonds is 6. The first kappa shape index (κ1) is 25.9. The number of nitrogens with zero attached hydrogens (tertiary/aromatic N) is 3. The van der Waals surface area contributed by atoms with Crippen molar-refractivity contribution in [2.45, 2.75) is 39.2 Å². The minimum atomic E-state index is -0.499. The molecule has 1 aliphatic heterocycles. The van der Waals surface area contributed by atoms with E-state index in [0.29, 0.717) is 64.7 Å². The predicted molar refractivity (Wildman–Crippen MR) is 147 cm³/mol. The monoisotopic (exact) mass is 538 g/mol. The van der Waals surface area contributed by atoms with Gasteiger partial charge in [-0.05, 0) is 63.8 Å². The van der Waals surface area contributed by atoms with E-state index in [2.05, 4.69) is 15.3 Å². The van der Waals surface area contributed by atoms with E-state index in [1.807, 2.05) is 51.1 Å². The van der Waals surface area contributed by atoms with Gasteiger partial charge >= 0.3 is 6.09 Å². The summed E-state index contributed by atoms with van der Waals surface area (Å²) in [5, 5.41) is 5.51. The molecule has 1 amide bonds. The van der Waals surface area contributed by atoms with Crippen LogP contribution in [-0.4, -0.2) is 53.4 Å². The van der Waals surface area contributed by atoms with Gasteiger partial charge in [-0.1, -0.05) is 11.6 Å². The lowest BCUT2D eigenvalue weighted by Crippen LogP contribution is -2.42. The Bertz CT molecular complexity index is 1460. The van der Waals surface area contributed by atoms with E-state index in [4.69, 9.17) is 30.2 Å². The van der Waals surface area contributed by atoms with Crippen molar-refractivity contribution in [1.82, 2.24) is 14.9 Å². The molecule has 4 aromatic rings. The van der Waals surface area contributed by atoms with Crippen LogP contribution in [0, 0.1) is 5.92 Å². The van der Waals surface area contributed by atoms with Crippen molar-refractivity contribution in [1.29, 1.82) is 0 Å².